The molecule has 150 valence electrons. The molecule has 0 amide bonds. The molecular formula is C27H24O3. The molecule has 30 heavy (non-hydrogen) atoms. The molecule has 3 aromatic rings. The minimum Gasteiger partial charge on any atom is -0.507 e. The number of aromatic carboxylic acids is 1. The molecule has 0 heterocycles. The number of aromatic hydroxyl groups is 1. The first kappa shape index (κ1) is 17.8. The second kappa shape index (κ2) is 6.46. The van der Waals surface area contributed by atoms with Gasteiger partial charge in [-0.05, 0) is 108 Å². The highest BCUT2D eigenvalue weighted by atomic mass is 16.4. The zero-order valence-electron chi connectivity index (χ0n) is 16.8. The first-order valence-electron chi connectivity index (χ1n) is 10.9. The van der Waals surface area contributed by atoms with Gasteiger partial charge in [-0.1, -0.05) is 29.8 Å². The number of benzene rings is 3. The Balaban J connectivity index is 1.43. The first-order chi connectivity index (χ1) is 14.5. The van der Waals surface area contributed by atoms with E-state index in [9.17, 15) is 15.0 Å². The van der Waals surface area contributed by atoms with E-state index >= 15 is 0 Å². The minimum absolute atomic E-state index is 0.303. The van der Waals surface area contributed by atoms with Crippen molar-refractivity contribution in [3.8, 4) is 16.9 Å². The molecule has 3 nitrogen and oxygen atoms in total. The molecule has 2 fully saturated rings. The Morgan fingerprint density at radius 1 is 0.800 bits per heavy atom. The SMILES string of the molecule is O=C(O)c1ccc2cc(-c3ccc(O)c(C4=C5CC6CC(C5)CC4C6)c3)ccc2c1. The fourth-order valence-electron chi connectivity index (χ4n) is 6.32. The predicted molar refractivity (Wildman–Crippen MR) is 118 cm³/mol. The molecule has 4 bridgehead atoms. The number of carboxylic acids is 1. The summed E-state index contributed by atoms with van der Waals surface area (Å²) in [4.78, 5) is 11.2. The largest absolute Gasteiger partial charge is 0.507 e. The van der Waals surface area contributed by atoms with E-state index < -0.39 is 5.97 Å². The van der Waals surface area contributed by atoms with E-state index in [4.69, 9.17) is 0 Å². The van der Waals surface area contributed by atoms with E-state index in [-0.39, 0.29) is 0 Å². The summed E-state index contributed by atoms with van der Waals surface area (Å²) in [5, 5.41) is 21.9. The summed E-state index contributed by atoms with van der Waals surface area (Å²) >= 11 is 0. The Hall–Kier alpha value is -3.07. The summed E-state index contributed by atoms with van der Waals surface area (Å²) in [6, 6.07) is 17.3. The third kappa shape index (κ3) is 2.76. The lowest BCUT2D eigenvalue weighted by Gasteiger charge is -2.48. The van der Waals surface area contributed by atoms with Gasteiger partial charge < -0.3 is 10.2 Å². The van der Waals surface area contributed by atoms with Gasteiger partial charge in [-0.3, -0.25) is 0 Å². The molecule has 0 aromatic heterocycles. The molecule has 0 radical (unpaired) electrons. The topological polar surface area (TPSA) is 57.5 Å². The Morgan fingerprint density at radius 3 is 2.20 bits per heavy atom. The molecule has 7 rings (SSSR count). The molecule has 2 saturated carbocycles. The van der Waals surface area contributed by atoms with Crippen molar-refractivity contribution in [2.45, 2.75) is 32.1 Å². The normalized spacial score (nSPS) is 24.6. The number of phenols is 1. The van der Waals surface area contributed by atoms with Crippen LogP contribution in [0.15, 0.2) is 60.2 Å². The van der Waals surface area contributed by atoms with Gasteiger partial charge in [0.25, 0.3) is 0 Å². The number of carboxylic acid groups (broad SMARTS) is 1. The van der Waals surface area contributed by atoms with Crippen molar-refractivity contribution in [1.29, 1.82) is 0 Å². The van der Waals surface area contributed by atoms with Crippen molar-refractivity contribution in [2.24, 2.45) is 17.8 Å². The second-order valence-electron chi connectivity index (χ2n) is 9.38. The van der Waals surface area contributed by atoms with Crippen LogP contribution in [0.3, 0.4) is 0 Å². The maximum atomic E-state index is 11.2. The third-order valence-corrected chi connectivity index (χ3v) is 7.47. The van der Waals surface area contributed by atoms with Crippen LogP contribution in [-0.4, -0.2) is 16.2 Å². The maximum Gasteiger partial charge on any atom is 0.335 e. The van der Waals surface area contributed by atoms with E-state index in [1.807, 2.05) is 30.3 Å². The number of fused-ring (bicyclic) bond motifs is 1. The van der Waals surface area contributed by atoms with Crippen LogP contribution in [0, 0.1) is 17.8 Å². The monoisotopic (exact) mass is 396 g/mol. The Kier molecular flexibility index (Phi) is 3.83. The number of allylic oxidation sites excluding steroid dienone is 2. The van der Waals surface area contributed by atoms with Crippen molar-refractivity contribution < 1.29 is 15.0 Å². The third-order valence-electron chi connectivity index (χ3n) is 7.47. The molecule has 2 atom stereocenters. The highest BCUT2D eigenvalue weighted by Crippen LogP contribution is 2.57. The van der Waals surface area contributed by atoms with Crippen LogP contribution < -0.4 is 0 Å². The second-order valence-corrected chi connectivity index (χ2v) is 9.38. The molecule has 3 aromatic carbocycles. The summed E-state index contributed by atoms with van der Waals surface area (Å²) < 4.78 is 0. The van der Waals surface area contributed by atoms with Crippen LogP contribution in [-0.2, 0) is 0 Å². The van der Waals surface area contributed by atoms with Crippen LogP contribution in [0.1, 0.15) is 48.0 Å². The standard InChI is InChI=1S/C27H24O3/c28-25-6-5-20(18-1-2-19-13-21(27(29)30)4-3-17(19)12-18)14-24(25)26-22-8-15-7-16(10-22)11-23(26)9-15/h1-6,12-16,22,28H,7-11H2,(H,29,30). The van der Waals surface area contributed by atoms with E-state index in [1.165, 1.54) is 37.7 Å². The Bertz CT molecular complexity index is 1220. The minimum atomic E-state index is -0.908. The van der Waals surface area contributed by atoms with Gasteiger partial charge in [-0.2, -0.15) is 0 Å². The van der Waals surface area contributed by atoms with E-state index in [0.29, 0.717) is 17.2 Å². The lowest BCUT2D eigenvalue weighted by atomic mass is 9.57. The smallest absolute Gasteiger partial charge is 0.335 e. The van der Waals surface area contributed by atoms with E-state index in [1.54, 1.807) is 17.7 Å². The van der Waals surface area contributed by atoms with Gasteiger partial charge in [0.2, 0.25) is 0 Å². The van der Waals surface area contributed by atoms with Gasteiger partial charge in [-0.25, -0.2) is 4.79 Å². The van der Waals surface area contributed by atoms with Gasteiger partial charge in [0.15, 0.2) is 0 Å². The quantitative estimate of drug-likeness (QED) is 0.531. The highest BCUT2D eigenvalue weighted by Gasteiger charge is 2.42. The lowest BCUT2D eigenvalue weighted by Crippen LogP contribution is -2.34. The van der Waals surface area contributed by atoms with Crippen LogP contribution in [0.25, 0.3) is 27.5 Å². The zero-order chi connectivity index (χ0) is 20.4. The van der Waals surface area contributed by atoms with Crippen LogP contribution in [0.5, 0.6) is 5.75 Å². The molecule has 3 heteroatoms. The van der Waals surface area contributed by atoms with Gasteiger partial charge >= 0.3 is 5.97 Å². The Morgan fingerprint density at radius 2 is 1.47 bits per heavy atom. The number of hydrogen-bond donors (Lipinski definition) is 2. The lowest BCUT2D eigenvalue weighted by molar-refractivity contribution is 0.0697. The summed E-state index contributed by atoms with van der Waals surface area (Å²) in [6.07, 6.45) is 6.39. The van der Waals surface area contributed by atoms with Gasteiger partial charge in [0.05, 0.1) is 5.56 Å². The van der Waals surface area contributed by atoms with Crippen molar-refractivity contribution in [1.82, 2.24) is 0 Å². The number of phenolic OH excluding ortho intramolecular Hbond substituents is 1. The van der Waals surface area contributed by atoms with Gasteiger partial charge in [0, 0.05) is 5.56 Å². The molecule has 4 aliphatic rings. The van der Waals surface area contributed by atoms with E-state index in [0.717, 1.165) is 39.3 Å². The summed E-state index contributed by atoms with van der Waals surface area (Å²) in [5.74, 6) is 1.82. The summed E-state index contributed by atoms with van der Waals surface area (Å²) in [6.45, 7) is 0. The molecule has 0 saturated heterocycles. The van der Waals surface area contributed by atoms with Crippen molar-refractivity contribution in [3.63, 3.8) is 0 Å². The van der Waals surface area contributed by atoms with E-state index in [2.05, 4.69) is 12.1 Å². The predicted octanol–water partition coefficient (Wildman–Crippen LogP) is 6.50. The molecule has 0 spiro atoms. The fourth-order valence-corrected chi connectivity index (χ4v) is 6.32. The van der Waals surface area contributed by atoms with Crippen LogP contribution >= 0.6 is 0 Å². The zero-order valence-corrected chi connectivity index (χ0v) is 16.8. The molecule has 2 N–H and O–H groups in total. The average Bonchev–Trinajstić information content (AvgIpc) is 2.73. The van der Waals surface area contributed by atoms with Crippen molar-refractivity contribution >= 4 is 22.3 Å². The average molecular weight is 396 g/mol. The molecule has 4 aliphatic carbocycles. The molecule has 2 unspecified atom stereocenters. The number of rotatable bonds is 3. The van der Waals surface area contributed by atoms with Crippen molar-refractivity contribution in [2.75, 3.05) is 0 Å². The maximum absolute atomic E-state index is 11.2. The van der Waals surface area contributed by atoms with Crippen LogP contribution in [0.2, 0.25) is 0 Å². The summed E-state index contributed by atoms with van der Waals surface area (Å²) in [7, 11) is 0. The van der Waals surface area contributed by atoms with Crippen molar-refractivity contribution in [3.05, 3.63) is 71.3 Å². The number of carbonyl (C=O) groups is 1. The Labute approximate surface area is 175 Å². The first-order valence-corrected chi connectivity index (χ1v) is 10.9. The number of hydrogen-bond acceptors (Lipinski definition) is 2. The fraction of sp³-hybridized carbons (Fsp3) is 0.296. The highest BCUT2D eigenvalue weighted by molar-refractivity contribution is 5.96. The summed E-state index contributed by atoms with van der Waals surface area (Å²) in [5.41, 5.74) is 6.51. The van der Waals surface area contributed by atoms with Gasteiger partial charge in [-0.15, -0.1) is 0 Å². The molecule has 0 aliphatic heterocycles. The molecular weight excluding hydrogens is 372 g/mol. The van der Waals surface area contributed by atoms with Gasteiger partial charge in [0.1, 0.15) is 5.75 Å². The van der Waals surface area contributed by atoms with Crippen LogP contribution in [0.4, 0.5) is 0 Å².